The number of fused-ring (bicyclic) bond motifs is 3. The lowest BCUT2D eigenvalue weighted by atomic mass is 9.76. The number of hydrogen-bond acceptors (Lipinski definition) is 8. The number of benzene rings is 1. The first-order chi connectivity index (χ1) is 16.3. The van der Waals surface area contributed by atoms with Crippen molar-refractivity contribution < 1.29 is 14.2 Å². The molecule has 0 radical (unpaired) electrons. The largest absolute Gasteiger partial charge is 0.494 e. The van der Waals surface area contributed by atoms with Gasteiger partial charge in [-0.2, -0.15) is 9.61 Å². The smallest absolute Gasteiger partial charge is 0.223 e. The average Bonchev–Trinajstić information content (AvgIpc) is 3.47. The summed E-state index contributed by atoms with van der Waals surface area (Å²) >= 11 is 0. The highest BCUT2D eigenvalue weighted by molar-refractivity contribution is 5.93. The topological polar surface area (TPSA) is 120 Å². The van der Waals surface area contributed by atoms with Gasteiger partial charge in [0, 0.05) is 36.7 Å². The monoisotopic (exact) mass is 466 g/mol. The Morgan fingerprint density at radius 3 is 2.85 bits per heavy atom. The third kappa shape index (κ3) is 3.25. The van der Waals surface area contributed by atoms with Crippen LogP contribution in [-0.4, -0.2) is 60.3 Å². The Morgan fingerprint density at radius 2 is 2.12 bits per heavy atom. The zero-order valence-electron chi connectivity index (χ0n) is 19.1. The van der Waals surface area contributed by atoms with E-state index in [1.807, 2.05) is 24.0 Å². The molecule has 0 spiro atoms. The second-order valence-electron chi connectivity index (χ2n) is 9.55. The Bertz CT molecular complexity index is 1400. The van der Waals surface area contributed by atoms with Gasteiger partial charge in [-0.05, 0) is 38.7 Å². The highest BCUT2D eigenvalue weighted by Crippen LogP contribution is 2.42. The van der Waals surface area contributed by atoms with Crippen LogP contribution in [0.3, 0.4) is 0 Å². The molecule has 1 saturated heterocycles. The summed E-state index contributed by atoms with van der Waals surface area (Å²) in [7, 11) is 1.41. The normalized spacial score (nSPS) is 25.1. The van der Waals surface area contributed by atoms with Gasteiger partial charge in [0.15, 0.2) is 23.0 Å². The molecule has 1 aliphatic carbocycles. The maximum atomic E-state index is 14.4. The molecule has 10 nitrogen and oxygen atoms in total. The third-order valence-electron chi connectivity index (χ3n) is 7.29. The first-order valence-corrected chi connectivity index (χ1v) is 11.5. The van der Waals surface area contributed by atoms with Crippen LogP contribution in [0, 0.1) is 5.82 Å². The Balaban J connectivity index is 1.31. The molecular formula is C23H27FN8O2. The summed E-state index contributed by atoms with van der Waals surface area (Å²) in [5.74, 6) is 0.559. The maximum absolute atomic E-state index is 14.4. The van der Waals surface area contributed by atoms with Crippen molar-refractivity contribution in [3.8, 4) is 5.75 Å². The highest BCUT2D eigenvalue weighted by atomic mass is 19.1. The molecule has 4 heterocycles. The molecular weight excluding hydrogens is 439 g/mol. The fraction of sp³-hybridized carbons (Fsp3) is 0.478. The summed E-state index contributed by atoms with van der Waals surface area (Å²) in [4.78, 5) is 11.4. The van der Waals surface area contributed by atoms with Crippen molar-refractivity contribution in [3.05, 3.63) is 36.2 Å². The number of hydrogen-bond donors (Lipinski definition) is 2. The number of aromatic nitrogens is 6. The number of anilines is 2. The van der Waals surface area contributed by atoms with Crippen LogP contribution in [0.25, 0.3) is 16.6 Å². The van der Waals surface area contributed by atoms with Gasteiger partial charge in [0.05, 0.1) is 36.2 Å². The number of nitrogens with two attached hydrogens (primary N) is 1. The van der Waals surface area contributed by atoms with Crippen molar-refractivity contribution in [1.29, 1.82) is 0 Å². The van der Waals surface area contributed by atoms with E-state index in [2.05, 4.69) is 20.1 Å². The molecule has 3 N–H and O–H groups in total. The van der Waals surface area contributed by atoms with Crippen LogP contribution in [-0.2, 0) is 0 Å². The molecule has 0 unspecified atom stereocenters. The quantitative estimate of drug-likeness (QED) is 0.471. The van der Waals surface area contributed by atoms with Crippen molar-refractivity contribution in [3.63, 3.8) is 0 Å². The number of rotatable bonds is 4. The Labute approximate surface area is 195 Å². The molecule has 1 aromatic carbocycles. The predicted octanol–water partition coefficient (Wildman–Crippen LogP) is 2.67. The molecule has 11 heteroatoms. The van der Waals surface area contributed by atoms with Gasteiger partial charge in [0.2, 0.25) is 5.95 Å². The van der Waals surface area contributed by atoms with E-state index in [1.165, 1.54) is 23.8 Å². The maximum Gasteiger partial charge on any atom is 0.223 e. The van der Waals surface area contributed by atoms with Gasteiger partial charge in [0.25, 0.3) is 0 Å². The van der Waals surface area contributed by atoms with Crippen LogP contribution in [0.1, 0.15) is 50.4 Å². The van der Waals surface area contributed by atoms with E-state index in [0.717, 1.165) is 44.5 Å². The molecule has 34 heavy (non-hydrogen) atoms. The summed E-state index contributed by atoms with van der Waals surface area (Å²) < 4.78 is 22.9. The van der Waals surface area contributed by atoms with E-state index in [-0.39, 0.29) is 23.7 Å². The highest BCUT2D eigenvalue weighted by Gasteiger charge is 2.43. The number of piperidine rings is 1. The van der Waals surface area contributed by atoms with Gasteiger partial charge < -0.3 is 20.5 Å². The van der Waals surface area contributed by atoms with Crippen LogP contribution < -0.4 is 15.4 Å². The first kappa shape index (κ1) is 21.1. The van der Waals surface area contributed by atoms with Crippen molar-refractivity contribution in [1.82, 2.24) is 29.4 Å². The molecule has 2 fully saturated rings. The molecule has 1 aliphatic heterocycles. The molecule has 0 bridgehead atoms. The second-order valence-corrected chi connectivity index (χ2v) is 9.55. The van der Waals surface area contributed by atoms with Crippen LogP contribution in [0.15, 0.2) is 24.5 Å². The fourth-order valence-electron chi connectivity index (χ4n) is 5.17. The lowest BCUT2D eigenvalue weighted by Gasteiger charge is -2.42. The van der Waals surface area contributed by atoms with E-state index >= 15 is 0 Å². The SMILES string of the molecule is COc1cc2nc(N)n3nc([C@@H]4CCCN(c5cnn([C@H]6CC[C@]6(C)O)c5)C4)nc3c2cc1F. The predicted molar refractivity (Wildman–Crippen MR) is 125 cm³/mol. The van der Waals surface area contributed by atoms with Crippen LogP contribution in [0.2, 0.25) is 0 Å². The Kier molecular flexibility index (Phi) is 4.67. The van der Waals surface area contributed by atoms with E-state index in [9.17, 15) is 9.50 Å². The lowest BCUT2D eigenvalue weighted by molar-refractivity contribution is -0.0737. The molecule has 6 rings (SSSR count). The number of halogens is 1. The minimum Gasteiger partial charge on any atom is -0.494 e. The number of nitrogens with zero attached hydrogens (tertiary/aromatic N) is 7. The van der Waals surface area contributed by atoms with Gasteiger partial charge in [-0.15, -0.1) is 5.10 Å². The average molecular weight is 467 g/mol. The number of ether oxygens (including phenoxy) is 1. The van der Waals surface area contributed by atoms with E-state index in [0.29, 0.717) is 22.4 Å². The Morgan fingerprint density at radius 1 is 1.26 bits per heavy atom. The van der Waals surface area contributed by atoms with Crippen LogP contribution >= 0.6 is 0 Å². The van der Waals surface area contributed by atoms with E-state index in [4.69, 9.17) is 15.5 Å². The summed E-state index contributed by atoms with van der Waals surface area (Å²) in [5.41, 5.74) is 7.47. The molecule has 1 saturated carbocycles. The molecule has 178 valence electrons. The number of nitrogen functional groups attached to an aromatic ring is 1. The summed E-state index contributed by atoms with van der Waals surface area (Å²) in [6.07, 6.45) is 7.52. The molecule has 2 aliphatic rings. The molecule has 4 aromatic rings. The van der Waals surface area contributed by atoms with Crippen molar-refractivity contribution in [2.24, 2.45) is 0 Å². The zero-order chi connectivity index (χ0) is 23.6. The van der Waals surface area contributed by atoms with Crippen molar-refractivity contribution in [2.75, 3.05) is 30.8 Å². The van der Waals surface area contributed by atoms with Gasteiger partial charge in [-0.3, -0.25) is 4.68 Å². The van der Waals surface area contributed by atoms with Crippen LogP contribution in [0.5, 0.6) is 5.75 Å². The van der Waals surface area contributed by atoms with Crippen molar-refractivity contribution >= 4 is 28.2 Å². The van der Waals surface area contributed by atoms with Gasteiger partial charge in [-0.1, -0.05) is 0 Å². The number of aliphatic hydroxyl groups is 1. The minimum absolute atomic E-state index is 0.0183. The van der Waals surface area contributed by atoms with Crippen LogP contribution in [0.4, 0.5) is 16.0 Å². The van der Waals surface area contributed by atoms with Gasteiger partial charge in [-0.25, -0.2) is 14.4 Å². The first-order valence-electron chi connectivity index (χ1n) is 11.5. The van der Waals surface area contributed by atoms with Gasteiger partial charge >= 0.3 is 0 Å². The molecule has 0 amide bonds. The lowest BCUT2D eigenvalue weighted by Crippen LogP contribution is -2.45. The van der Waals surface area contributed by atoms with Gasteiger partial charge in [0.1, 0.15) is 0 Å². The van der Waals surface area contributed by atoms with E-state index in [1.54, 1.807) is 0 Å². The summed E-state index contributed by atoms with van der Waals surface area (Å²) in [5, 5.41) is 20.1. The second kappa shape index (κ2) is 7.52. The molecule has 3 atom stereocenters. The van der Waals surface area contributed by atoms with Crippen molar-refractivity contribution in [2.45, 2.75) is 50.2 Å². The summed E-state index contributed by atoms with van der Waals surface area (Å²) in [6.45, 7) is 3.51. The molecule has 3 aromatic heterocycles. The zero-order valence-corrected chi connectivity index (χ0v) is 19.1. The minimum atomic E-state index is -0.700. The summed E-state index contributed by atoms with van der Waals surface area (Å²) in [6, 6.07) is 2.91. The standard InChI is InChI=1S/C23H27FN8O2/c1-23(33)6-5-19(23)31-12-14(10-26-31)30-7-3-4-13(11-30)20-28-21-15-8-16(24)18(34-2)9-17(15)27-22(25)32(21)29-20/h8-10,12-13,19,33H,3-7,11H2,1-2H3,(H2,25,27)/t13-,19+,23+/m1/s1. The number of methoxy groups -OCH3 is 1. The fourth-order valence-corrected chi connectivity index (χ4v) is 5.17. The Hall–Kier alpha value is -3.47. The third-order valence-corrected chi connectivity index (χ3v) is 7.29. The van der Waals surface area contributed by atoms with E-state index < -0.39 is 11.4 Å².